The van der Waals surface area contributed by atoms with Crippen molar-refractivity contribution in [2.75, 3.05) is 35.3 Å². The zero-order chi connectivity index (χ0) is 21.3. The van der Waals surface area contributed by atoms with Crippen molar-refractivity contribution in [1.82, 2.24) is 15.0 Å². The Morgan fingerprint density at radius 1 is 1.33 bits per heavy atom. The molecule has 4 heterocycles. The molecule has 0 aromatic carbocycles. The summed E-state index contributed by atoms with van der Waals surface area (Å²) < 4.78 is 58.8. The van der Waals surface area contributed by atoms with E-state index in [9.17, 15) is 22.0 Å². The van der Waals surface area contributed by atoms with Gasteiger partial charge in [0.05, 0.1) is 11.4 Å². The van der Waals surface area contributed by atoms with Crippen molar-refractivity contribution in [3.8, 4) is 0 Å². The molecule has 1 aliphatic carbocycles. The van der Waals surface area contributed by atoms with E-state index in [1.807, 2.05) is 6.08 Å². The van der Waals surface area contributed by atoms with E-state index in [1.54, 1.807) is 17.0 Å². The van der Waals surface area contributed by atoms with Gasteiger partial charge in [-0.25, -0.2) is 22.4 Å². The number of halogens is 2. The van der Waals surface area contributed by atoms with E-state index in [-0.39, 0.29) is 42.6 Å². The first-order chi connectivity index (χ1) is 14.2. The van der Waals surface area contributed by atoms with E-state index >= 15 is 0 Å². The molecule has 1 atom stereocenters. The molecule has 0 N–H and O–H groups in total. The quantitative estimate of drug-likeness (QED) is 0.723. The van der Waals surface area contributed by atoms with Crippen LogP contribution in [0.25, 0.3) is 5.57 Å². The van der Waals surface area contributed by atoms with Crippen LogP contribution in [-0.4, -0.2) is 62.0 Å². The molecule has 30 heavy (non-hydrogen) atoms. The Labute approximate surface area is 170 Å². The molecule has 9 nitrogen and oxygen atoms in total. The number of aromatic nitrogens is 2. The van der Waals surface area contributed by atoms with Crippen molar-refractivity contribution >= 4 is 33.2 Å². The van der Waals surface area contributed by atoms with Crippen molar-refractivity contribution < 1.29 is 26.5 Å². The first-order valence-corrected chi connectivity index (χ1v) is 10.6. The summed E-state index contributed by atoms with van der Waals surface area (Å²) in [6, 6.07) is 4.69. The van der Waals surface area contributed by atoms with E-state index in [4.69, 9.17) is 4.52 Å². The third kappa shape index (κ3) is 2.85. The van der Waals surface area contributed by atoms with Gasteiger partial charge in [-0.05, 0) is 17.7 Å². The lowest BCUT2D eigenvalue weighted by molar-refractivity contribution is 0.0791. The zero-order valence-corrected chi connectivity index (χ0v) is 16.6. The van der Waals surface area contributed by atoms with Gasteiger partial charge in [-0.2, -0.15) is 8.42 Å². The second-order valence-corrected chi connectivity index (χ2v) is 9.39. The molecule has 3 aliphatic rings. The number of nitrogens with zero attached hydrogens (tertiary/aromatic N) is 5. The van der Waals surface area contributed by atoms with E-state index in [0.29, 0.717) is 12.2 Å². The Morgan fingerprint density at radius 2 is 2.10 bits per heavy atom. The molecule has 0 bridgehead atoms. The van der Waals surface area contributed by atoms with Gasteiger partial charge in [-0.15, -0.1) is 0 Å². The highest BCUT2D eigenvalue weighted by Crippen LogP contribution is 2.51. The van der Waals surface area contributed by atoms with Crippen molar-refractivity contribution in [1.29, 1.82) is 0 Å². The lowest BCUT2D eigenvalue weighted by Crippen LogP contribution is -2.37. The van der Waals surface area contributed by atoms with Crippen LogP contribution in [-0.2, 0) is 10.2 Å². The minimum Gasteiger partial charge on any atom is -0.364 e. The number of hydrogen-bond donors (Lipinski definition) is 0. The van der Waals surface area contributed by atoms with Crippen LogP contribution in [0.5, 0.6) is 0 Å². The largest absolute Gasteiger partial charge is 0.364 e. The lowest BCUT2D eigenvalue weighted by atomic mass is 10.1. The molecule has 158 valence electrons. The normalized spacial score (nSPS) is 23.5. The molecule has 1 unspecified atom stereocenters. The summed E-state index contributed by atoms with van der Waals surface area (Å²) in [5.41, 5.74) is 1.75. The first kappa shape index (κ1) is 19.0. The maximum atomic E-state index is 13.3. The van der Waals surface area contributed by atoms with Crippen molar-refractivity contribution in [3.05, 3.63) is 41.9 Å². The fraction of sp³-hybridized carbons (Fsp3) is 0.389. The fourth-order valence-corrected chi connectivity index (χ4v) is 5.08. The predicted molar refractivity (Wildman–Crippen MR) is 102 cm³/mol. The maximum absolute atomic E-state index is 13.3. The fourth-order valence-electron chi connectivity index (χ4n) is 3.67. The lowest BCUT2D eigenvalue weighted by Gasteiger charge is -2.18. The van der Waals surface area contributed by atoms with Crippen LogP contribution in [0.15, 0.2) is 35.1 Å². The summed E-state index contributed by atoms with van der Waals surface area (Å²) in [5.74, 6) is -3.91. The number of amides is 1. The van der Waals surface area contributed by atoms with Gasteiger partial charge in [0.1, 0.15) is 6.26 Å². The molecule has 5 rings (SSSR count). The van der Waals surface area contributed by atoms with E-state index in [2.05, 4.69) is 10.1 Å². The van der Waals surface area contributed by atoms with Crippen LogP contribution in [0.2, 0.25) is 0 Å². The Morgan fingerprint density at radius 3 is 2.77 bits per heavy atom. The van der Waals surface area contributed by atoms with Gasteiger partial charge >= 0.3 is 10.2 Å². The van der Waals surface area contributed by atoms with Gasteiger partial charge in [0.15, 0.2) is 11.5 Å². The number of carbonyl (C=O) groups excluding carboxylic acids is 1. The number of pyridine rings is 1. The summed E-state index contributed by atoms with van der Waals surface area (Å²) in [6.45, 7) is 0.360. The average Bonchev–Trinajstić information content (AvgIpc) is 3.20. The molecule has 0 saturated heterocycles. The first-order valence-electron chi connectivity index (χ1n) is 9.23. The Balaban J connectivity index is 1.39. The highest BCUT2D eigenvalue weighted by molar-refractivity contribution is 7.94. The van der Waals surface area contributed by atoms with Crippen LogP contribution >= 0.6 is 0 Å². The molecule has 2 aromatic rings. The van der Waals surface area contributed by atoms with Crippen LogP contribution in [0.1, 0.15) is 22.6 Å². The molecule has 0 radical (unpaired) electrons. The number of fused-ring (bicyclic) bond motifs is 1. The van der Waals surface area contributed by atoms with Crippen molar-refractivity contribution in [2.45, 2.75) is 12.3 Å². The monoisotopic (exact) mass is 437 g/mol. The van der Waals surface area contributed by atoms with Gasteiger partial charge in [0.2, 0.25) is 0 Å². The SMILES string of the molecule is CN1c2nc(C3=CCN(C(=O)c4ccon4)C3)ccc2N(CC2CC2(F)F)S1(=O)=O. The third-order valence-electron chi connectivity index (χ3n) is 5.58. The predicted octanol–water partition coefficient (Wildman–Crippen LogP) is 1.77. The zero-order valence-electron chi connectivity index (χ0n) is 15.8. The van der Waals surface area contributed by atoms with Gasteiger partial charge < -0.3 is 9.42 Å². The number of alkyl halides is 2. The van der Waals surface area contributed by atoms with Crippen LogP contribution in [0, 0.1) is 5.92 Å². The number of anilines is 2. The topological polar surface area (TPSA) is 99.8 Å². The molecule has 12 heteroatoms. The third-order valence-corrected chi connectivity index (χ3v) is 7.35. The van der Waals surface area contributed by atoms with Crippen LogP contribution in [0.3, 0.4) is 0 Å². The standard InChI is InChI=1S/C18H17F2N5O4S/c1-23-16-15(25(30(23,27)28)10-12-8-18(12,19)20)3-2-13(21-16)11-4-6-24(9-11)17(26)14-5-7-29-22-14/h2-5,7,12H,6,8-10H2,1H3. The molecule has 1 fully saturated rings. The number of carbonyl (C=O) groups is 1. The Kier molecular flexibility index (Phi) is 3.95. The molecular weight excluding hydrogens is 420 g/mol. The smallest absolute Gasteiger partial charge is 0.327 e. The molecule has 1 saturated carbocycles. The van der Waals surface area contributed by atoms with Gasteiger partial charge in [-0.3, -0.25) is 4.79 Å². The average molecular weight is 437 g/mol. The summed E-state index contributed by atoms with van der Waals surface area (Å²) in [5, 5.41) is 3.64. The molecule has 2 aromatic heterocycles. The minimum absolute atomic E-state index is 0.179. The number of hydrogen-bond acceptors (Lipinski definition) is 6. The van der Waals surface area contributed by atoms with Gasteiger partial charge in [0.25, 0.3) is 11.8 Å². The van der Waals surface area contributed by atoms with E-state index in [1.165, 1.54) is 19.4 Å². The Bertz CT molecular complexity index is 1170. The van der Waals surface area contributed by atoms with E-state index in [0.717, 1.165) is 14.2 Å². The maximum Gasteiger partial charge on any atom is 0.327 e. The van der Waals surface area contributed by atoms with E-state index < -0.39 is 22.0 Å². The van der Waals surface area contributed by atoms with Crippen molar-refractivity contribution in [3.63, 3.8) is 0 Å². The number of rotatable bonds is 4. The second-order valence-electron chi connectivity index (χ2n) is 7.51. The molecule has 2 aliphatic heterocycles. The summed E-state index contributed by atoms with van der Waals surface area (Å²) >= 11 is 0. The van der Waals surface area contributed by atoms with Gasteiger partial charge in [0, 0.05) is 45.1 Å². The summed E-state index contributed by atoms with van der Waals surface area (Å²) in [4.78, 5) is 18.4. The molecular formula is C18H17F2N5O4S. The molecule has 1 amide bonds. The summed E-state index contributed by atoms with van der Waals surface area (Å²) in [6.07, 6.45) is 2.84. The van der Waals surface area contributed by atoms with Crippen LogP contribution in [0.4, 0.5) is 20.3 Å². The van der Waals surface area contributed by atoms with Crippen LogP contribution < -0.4 is 8.61 Å². The Hall–Kier alpha value is -3.02. The summed E-state index contributed by atoms with van der Waals surface area (Å²) in [7, 11) is -2.61. The minimum atomic E-state index is -3.96. The second kappa shape index (κ2) is 6.24. The highest BCUT2D eigenvalue weighted by Gasteiger charge is 2.59. The van der Waals surface area contributed by atoms with Crippen molar-refractivity contribution in [2.24, 2.45) is 5.92 Å². The molecule has 0 spiro atoms. The highest BCUT2D eigenvalue weighted by atomic mass is 32.2. The van der Waals surface area contributed by atoms with Gasteiger partial charge in [-0.1, -0.05) is 11.2 Å².